The Hall–Kier alpha value is -3.25. The van der Waals surface area contributed by atoms with Gasteiger partial charge < -0.3 is 15.5 Å². The summed E-state index contributed by atoms with van der Waals surface area (Å²) in [4.78, 5) is 31.0. The van der Waals surface area contributed by atoms with Crippen molar-refractivity contribution in [2.24, 2.45) is 10.8 Å². The van der Waals surface area contributed by atoms with Gasteiger partial charge in [0, 0.05) is 42.9 Å². The smallest absolute Gasteiger partial charge is 0.246 e. The normalized spacial score (nSPS) is 27.0. The lowest BCUT2D eigenvalue weighted by molar-refractivity contribution is -0.125. The van der Waals surface area contributed by atoms with Crippen molar-refractivity contribution in [2.75, 3.05) is 25.0 Å². The van der Waals surface area contributed by atoms with Crippen LogP contribution in [-0.2, 0) is 16.1 Å². The van der Waals surface area contributed by atoms with Crippen molar-refractivity contribution < 1.29 is 9.59 Å². The van der Waals surface area contributed by atoms with Crippen LogP contribution in [0.5, 0.6) is 0 Å². The number of nitrogens with zero attached hydrogens (tertiary/aromatic N) is 2. The fourth-order valence-corrected chi connectivity index (χ4v) is 5.20. The van der Waals surface area contributed by atoms with Crippen LogP contribution in [0.2, 0.25) is 0 Å². The van der Waals surface area contributed by atoms with E-state index in [9.17, 15) is 9.59 Å². The summed E-state index contributed by atoms with van der Waals surface area (Å²) in [5, 5.41) is 5.87. The molecule has 2 aliphatic heterocycles. The van der Waals surface area contributed by atoms with Gasteiger partial charge in [0.1, 0.15) is 5.82 Å². The molecule has 0 radical (unpaired) electrons. The number of amides is 2. The van der Waals surface area contributed by atoms with Crippen molar-refractivity contribution in [1.82, 2.24) is 15.2 Å². The Bertz CT molecular complexity index is 1140. The van der Waals surface area contributed by atoms with Gasteiger partial charge in [-0.3, -0.25) is 9.59 Å². The number of anilines is 1. The van der Waals surface area contributed by atoms with Crippen LogP contribution in [0.3, 0.4) is 0 Å². The number of fused-ring (bicyclic) bond motifs is 2. The second kappa shape index (κ2) is 7.71. The van der Waals surface area contributed by atoms with Crippen molar-refractivity contribution in [3.05, 3.63) is 71.4 Å². The van der Waals surface area contributed by atoms with Gasteiger partial charge in [-0.25, -0.2) is 4.98 Å². The summed E-state index contributed by atoms with van der Waals surface area (Å²) < 4.78 is 0. The Balaban J connectivity index is 1.30. The Labute approximate surface area is 188 Å². The molecular formula is C26H28N4O2. The highest BCUT2D eigenvalue weighted by Crippen LogP contribution is 2.57. The topological polar surface area (TPSA) is 74.3 Å². The number of hydrogen-bond donors (Lipinski definition) is 2. The highest BCUT2D eigenvalue weighted by molar-refractivity contribution is 5.94. The van der Waals surface area contributed by atoms with E-state index >= 15 is 0 Å². The van der Waals surface area contributed by atoms with Crippen molar-refractivity contribution in [3.8, 4) is 0 Å². The van der Waals surface area contributed by atoms with E-state index in [4.69, 9.17) is 0 Å². The zero-order chi connectivity index (χ0) is 22.3. The van der Waals surface area contributed by atoms with Gasteiger partial charge in [-0.2, -0.15) is 0 Å². The predicted octanol–water partition coefficient (Wildman–Crippen LogP) is 3.48. The summed E-state index contributed by atoms with van der Waals surface area (Å²) in [5.41, 5.74) is 4.44. The molecule has 6 heteroatoms. The molecule has 2 amide bonds. The lowest BCUT2D eigenvalue weighted by Gasteiger charge is -2.31. The maximum atomic E-state index is 13.0. The summed E-state index contributed by atoms with van der Waals surface area (Å²) in [6.07, 6.45) is 8.50. The van der Waals surface area contributed by atoms with Crippen LogP contribution in [0.25, 0.3) is 11.6 Å². The molecule has 0 bridgehead atoms. The first kappa shape index (κ1) is 20.6. The van der Waals surface area contributed by atoms with Crippen molar-refractivity contribution in [2.45, 2.75) is 26.8 Å². The van der Waals surface area contributed by atoms with Crippen molar-refractivity contribution in [1.29, 1.82) is 0 Å². The molecule has 2 atom stereocenters. The highest BCUT2D eigenvalue weighted by Gasteiger charge is 2.55. The third-order valence-electron chi connectivity index (χ3n) is 7.23. The van der Waals surface area contributed by atoms with E-state index in [0.29, 0.717) is 12.4 Å². The predicted molar refractivity (Wildman–Crippen MR) is 125 cm³/mol. The zero-order valence-corrected chi connectivity index (χ0v) is 18.5. The number of benzene rings is 1. The SMILES string of the molecule is C[C@]12CC(c3ccccc3)=C[C@@]1(C)CN(C(=O)/C=C/c1cnc3c(c1)CNCC(=O)N3)C2. The number of pyridine rings is 1. The minimum atomic E-state index is -0.0965. The number of nitrogens with one attached hydrogen (secondary N) is 2. The molecule has 6 nitrogen and oxygen atoms in total. The van der Waals surface area contributed by atoms with E-state index in [-0.39, 0.29) is 29.2 Å². The molecule has 2 N–H and O–H groups in total. The minimum Gasteiger partial charge on any atom is -0.338 e. The van der Waals surface area contributed by atoms with Crippen LogP contribution in [0.1, 0.15) is 37.0 Å². The number of carbonyl (C=O) groups excluding carboxylic acids is 2. The van der Waals surface area contributed by atoms with Gasteiger partial charge in [0.05, 0.1) is 6.54 Å². The van der Waals surface area contributed by atoms with E-state index in [0.717, 1.165) is 30.6 Å². The van der Waals surface area contributed by atoms with E-state index in [1.165, 1.54) is 11.1 Å². The monoisotopic (exact) mass is 428 g/mol. The summed E-state index contributed by atoms with van der Waals surface area (Å²) in [5.74, 6) is 0.511. The molecule has 0 spiro atoms. The Morgan fingerprint density at radius 3 is 2.75 bits per heavy atom. The molecule has 1 aromatic heterocycles. The lowest BCUT2D eigenvalue weighted by Crippen LogP contribution is -2.30. The van der Waals surface area contributed by atoms with E-state index in [2.05, 4.69) is 59.8 Å². The van der Waals surface area contributed by atoms with Crippen LogP contribution in [-0.4, -0.2) is 41.3 Å². The number of aromatic nitrogens is 1. The maximum absolute atomic E-state index is 13.0. The van der Waals surface area contributed by atoms with E-state index < -0.39 is 0 Å². The molecule has 1 aromatic carbocycles. The first-order valence-corrected chi connectivity index (χ1v) is 11.1. The highest BCUT2D eigenvalue weighted by atomic mass is 16.2. The molecule has 1 aliphatic carbocycles. The standard InChI is InChI=1S/C26H28N4O2/c1-25-11-21(19-6-4-3-5-7-19)12-26(25,2)17-30(16-25)23(32)9-8-18-10-20-14-27-15-22(31)29-24(20)28-13-18/h3-11,13,27H,12,14-17H2,1-2H3,(H,28,29,31)/b9-8+/t25-,26+/m0/s1. The van der Waals surface area contributed by atoms with Gasteiger partial charge in [0.25, 0.3) is 0 Å². The van der Waals surface area contributed by atoms with Crippen LogP contribution in [0, 0.1) is 10.8 Å². The van der Waals surface area contributed by atoms with Gasteiger partial charge in [-0.1, -0.05) is 50.3 Å². The Morgan fingerprint density at radius 2 is 1.97 bits per heavy atom. The van der Waals surface area contributed by atoms with E-state index in [1.54, 1.807) is 12.3 Å². The van der Waals surface area contributed by atoms with Gasteiger partial charge in [-0.05, 0) is 40.7 Å². The maximum Gasteiger partial charge on any atom is 0.246 e. The van der Waals surface area contributed by atoms with Gasteiger partial charge in [-0.15, -0.1) is 0 Å². The van der Waals surface area contributed by atoms with E-state index in [1.807, 2.05) is 23.1 Å². The number of likely N-dealkylation sites (tertiary alicyclic amines) is 1. The summed E-state index contributed by atoms with van der Waals surface area (Å²) in [6.45, 7) is 6.88. The Kier molecular flexibility index (Phi) is 4.97. The Morgan fingerprint density at radius 1 is 1.16 bits per heavy atom. The third-order valence-corrected chi connectivity index (χ3v) is 7.23. The van der Waals surface area contributed by atoms with Crippen molar-refractivity contribution >= 4 is 29.3 Å². The molecule has 1 fully saturated rings. The van der Waals surface area contributed by atoms with Crippen LogP contribution in [0.15, 0.2) is 54.7 Å². The van der Waals surface area contributed by atoms with Gasteiger partial charge in [0.15, 0.2) is 0 Å². The van der Waals surface area contributed by atoms with Crippen LogP contribution < -0.4 is 10.6 Å². The number of allylic oxidation sites excluding steroid dienone is 1. The first-order chi connectivity index (χ1) is 15.4. The second-order valence-corrected chi connectivity index (χ2v) is 9.65. The number of hydrogen-bond acceptors (Lipinski definition) is 4. The van der Waals surface area contributed by atoms with Crippen LogP contribution in [0.4, 0.5) is 5.82 Å². The summed E-state index contributed by atoms with van der Waals surface area (Å²) in [7, 11) is 0. The summed E-state index contributed by atoms with van der Waals surface area (Å²) in [6, 6.07) is 12.5. The van der Waals surface area contributed by atoms with Gasteiger partial charge in [0.2, 0.25) is 11.8 Å². The minimum absolute atomic E-state index is 0.0258. The van der Waals surface area contributed by atoms with Crippen molar-refractivity contribution in [3.63, 3.8) is 0 Å². The molecule has 32 heavy (non-hydrogen) atoms. The van der Waals surface area contributed by atoms with Crippen LogP contribution >= 0.6 is 0 Å². The van der Waals surface area contributed by atoms with Gasteiger partial charge >= 0.3 is 0 Å². The lowest BCUT2D eigenvalue weighted by atomic mass is 9.70. The third kappa shape index (κ3) is 3.65. The quantitative estimate of drug-likeness (QED) is 0.734. The summed E-state index contributed by atoms with van der Waals surface area (Å²) >= 11 is 0. The largest absolute Gasteiger partial charge is 0.338 e. The molecule has 5 rings (SSSR count). The molecule has 2 aromatic rings. The molecule has 164 valence electrons. The fraction of sp³-hybridized carbons (Fsp3) is 0.346. The average molecular weight is 429 g/mol. The molecule has 0 unspecified atom stereocenters. The average Bonchev–Trinajstić information content (AvgIpc) is 3.08. The molecule has 1 saturated heterocycles. The number of rotatable bonds is 3. The second-order valence-electron chi connectivity index (χ2n) is 9.65. The fourth-order valence-electron chi connectivity index (χ4n) is 5.20. The first-order valence-electron chi connectivity index (χ1n) is 11.1. The molecule has 3 heterocycles. The number of carbonyl (C=O) groups is 2. The molecule has 3 aliphatic rings. The molecule has 0 saturated carbocycles. The molecular weight excluding hydrogens is 400 g/mol. The zero-order valence-electron chi connectivity index (χ0n) is 18.5.